The molecule has 1 fully saturated rings. The maximum atomic E-state index is 13.9. The molecule has 0 saturated carbocycles. The van der Waals surface area contributed by atoms with E-state index in [4.69, 9.17) is 34.7 Å². The van der Waals surface area contributed by atoms with Gasteiger partial charge in [0.05, 0.1) is 16.1 Å². The molecular weight excluding hydrogens is 559 g/mol. The van der Waals surface area contributed by atoms with E-state index in [1.165, 1.54) is 0 Å². The van der Waals surface area contributed by atoms with Crippen LogP contribution in [0.2, 0.25) is 10.0 Å². The zero-order valence-corrected chi connectivity index (χ0v) is 24.3. The highest BCUT2D eigenvalue weighted by atomic mass is 35.5. The minimum Gasteiger partial charge on any atom is -0.370 e. The average molecular weight is 596 g/mol. The maximum absolute atomic E-state index is 13.9. The number of nitrogens with one attached hydrogen (secondary N) is 2. The van der Waals surface area contributed by atoms with E-state index in [1.807, 2.05) is 41.3 Å². The molecule has 1 aliphatic rings. The van der Waals surface area contributed by atoms with Crippen molar-refractivity contribution in [1.29, 1.82) is 0 Å². The van der Waals surface area contributed by atoms with Gasteiger partial charge in [-0.2, -0.15) is 0 Å². The lowest BCUT2D eigenvalue weighted by molar-refractivity contribution is -0.133. The number of guanidine groups is 1. The molecule has 8 nitrogen and oxygen atoms in total. The van der Waals surface area contributed by atoms with Gasteiger partial charge in [-0.15, -0.1) is 0 Å². The highest BCUT2D eigenvalue weighted by molar-refractivity contribution is 6.42. The summed E-state index contributed by atoms with van der Waals surface area (Å²) in [5.41, 5.74) is 13.7. The fourth-order valence-corrected chi connectivity index (χ4v) is 5.38. The fourth-order valence-electron chi connectivity index (χ4n) is 5.08. The lowest BCUT2D eigenvalue weighted by atomic mass is 9.90. The SMILES string of the molecule is NC(N)=NCCCC1NC(CNC(=O)c2ccc(Cl)c(Cl)c2)CCN(CC(c2ccccc2)c2ccccc2)C1=O. The number of carbonyl (C=O) groups is 2. The Morgan fingerprint density at radius 1 is 1.00 bits per heavy atom. The van der Waals surface area contributed by atoms with E-state index >= 15 is 0 Å². The highest BCUT2D eigenvalue weighted by Crippen LogP contribution is 2.27. The Kier molecular flexibility index (Phi) is 11.0. The fraction of sp³-hybridized carbons (Fsp3) is 0.323. The van der Waals surface area contributed by atoms with Crippen LogP contribution in [0.4, 0.5) is 0 Å². The third-order valence-corrected chi connectivity index (χ3v) is 7.98. The van der Waals surface area contributed by atoms with Crippen LogP contribution in [0.15, 0.2) is 83.9 Å². The number of aliphatic imine (C=N–C) groups is 1. The summed E-state index contributed by atoms with van der Waals surface area (Å²) in [6.45, 7) is 1.88. The Labute approximate surface area is 251 Å². The van der Waals surface area contributed by atoms with Crippen molar-refractivity contribution in [3.63, 3.8) is 0 Å². The molecule has 0 spiro atoms. The minimum absolute atomic E-state index is 0.0227. The molecule has 41 heavy (non-hydrogen) atoms. The summed E-state index contributed by atoms with van der Waals surface area (Å²) in [7, 11) is 0. The second-order valence-electron chi connectivity index (χ2n) is 10.2. The van der Waals surface area contributed by atoms with E-state index in [1.54, 1.807) is 18.2 Å². The van der Waals surface area contributed by atoms with Gasteiger partial charge in [-0.25, -0.2) is 0 Å². The number of nitrogens with two attached hydrogens (primary N) is 2. The number of benzene rings is 3. The van der Waals surface area contributed by atoms with Gasteiger partial charge in [-0.1, -0.05) is 83.9 Å². The molecule has 6 N–H and O–H groups in total. The first-order valence-corrected chi connectivity index (χ1v) is 14.5. The first kappa shape index (κ1) is 30.4. The van der Waals surface area contributed by atoms with Crippen molar-refractivity contribution in [2.45, 2.75) is 37.3 Å². The van der Waals surface area contributed by atoms with Crippen LogP contribution >= 0.6 is 23.2 Å². The van der Waals surface area contributed by atoms with Crippen LogP contribution in [0, 0.1) is 0 Å². The second kappa shape index (κ2) is 14.9. The standard InChI is InChI=1S/C31H36Cl2N6O2/c32-26-14-13-23(18-27(26)33)29(40)37-19-24-15-17-39(30(41)28(38-24)12-7-16-36-31(34)35)20-25(21-8-3-1-4-9-21)22-10-5-2-6-11-22/h1-6,8-11,13-14,18,24-25,28,38H,7,12,15-17,19-20H2,(H,37,40)(H4,34,35,36). The Morgan fingerprint density at radius 2 is 1.66 bits per heavy atom. The second-order valence-corrected chi connectivity index (χ2v) is 11.0. The smallest absolute Gasteiger partial charge is 0.251 e. The van der Waals surface area contributed by atoms with Gasteiger partial charge in [0.2, 0.25) is 5.91 Å². The number of halogens is 2. The van der Waals surface area contributed by atoms with Gasteiger partial charge in [-0.3, -0.25) is 14.6 Å². The van der Waals surface area contributed by atoms with Crippen LogP contribution in [0.1, 0.15) is 46.7 Å². The lowest BCUT2D eigenvalue weighted by Crippen LogP contribution is -2.49. The third kappa shape index (κ3) is 8.70. The first-order valence-electron chi connectivity index (χ1n) is 13.7. The Bertz CT molecular complexity index is 1300. The molecule has 3 aromatic rings. The van der Waals surface area contributed by atoms with Crippen molar-refractivity contribution < 1.29 is 9.59 Å². The monoisotopic (exact) mass is 594 g/mol. The molecule has 3 aromatic carbocycles. The Hall–Kier alpha value is -3.59. The predicted molar refractivity (Wildman–Crippen MR) is 165 cm³/mol. The number of amides is 2. The normalized spacial score (nSPS) is 17.2. The molecule has 0 bridgehead atoms. The summed E-state index contributed by atoms with van der Waals surface area (Å²) in [4.78, 5) is 32.8. The molecule has 0 aliphatic carbocycles. The van der Waals surface area contributed by atoms with Gasteiger partial charge in [0.15, 0.2) is 5.96 Å². The molecule has 216 valence electrons. The van der Waals surface area contributed by atoms with E-state index in [-0.39, 0.29) is 29.7 Å². The zero-order chi connectivity index (χ0) is 29.2. The van der Waals surface area contributed by atoms with Gasteiger partial charge in [-0.05, 0) is 48.6 Å². The van der Waals surface area contributed by atoms with Gasteiger partial charge < -0.3 is 27.0 Å². The predicted octanol–water partition coefficient (Wildman–Crippen LogP) is 4.17. The van der Waals surface area contributed by atoms with Crippen LogP contribution in [0.25, 0.3) is 0 Å². The summed E-state index contributed by atoms with van der Waals surface area (Å²) in [6, 6.07) is 24.7. The van der Waals surface area contributed by atoms with Crippen molar-refractivity contribution in [3.8, 4) is 0 Å². The van der Waals surface area contributed by atoms with Crippen LogP contribution in [0.5, 0.6) is 0 Å². The first-order chi connectivity index (χ1) is 19.8. The average Bonchev–Trinajstić information content (AvgIpc) is 3.13. The third-order valence-electron chi connectivity index (χ3n) is 7.24. The number of hydrogen-bond acceptors (Lipinski definition) is 4. The number of carbonyl (C=O) groups excluding carboxylic acids is 2. The summed E-state index contributed by atoms with van der Waals surface area (Å²) >= 11 is 12.1. The van der Waals surface area contributed by atoms with E-state index < -0.39 is 6.04 Å². The lowest BCUT2D eigenvalue weighted by Gasteiger charge is -2.29. The van der Waals surface area contributed by atoms with E-state index in [0.717, 1.165) is 11.1 Å². The molecule has 0 radical (unpaired) electrons. The quantitative estimate of drug-likeness (QED) is 0.151. The molecule has 2 unspecified atom stereocenters. The minimum atomic E-state index is -0.439. The van der Waals surface area contributed by atoms with Crippen LogP contribution in [-0.4, -0.2) is 60.9 Å². The highest BCUT2D eigenvalue weighted by Gasteiger charge is 2.32. The Balaban J connectivity index is 1.50. The van der Waals surface area contributed by atoms with Crippen molar-refractivity contribution in [1.82, 2.24) is 15.5 Å². The summed E-state index contributed by atoms with van der Waals surface area (Å²) in [5.74, 6) is -0.169. The Morgan fingerprint density at radius 3 is 2.27 bits per heavy atom. The molecule has 2 amide bonds. The van der Waals surface area contributed by atoms with Crippen LogP contribution in [0.3, 0.4) is 0 Å². The van der Waals surface area contributed by atoms with E-state index in [9.17, 15) is 9.59 Å². The molecule has 0 aromatic heterocycles. The summed E-state index contributed by atoms with van der Waals surface area (Å²) < 4.78 is 0. The van der Waals surface area contributed by atoms with Gasteiger partial charge in [0.25, 0.3) is 5.91 Å². The van der Waals surface area contributed by atoms with Gasteiger partial charge in [0, 0.05) is 43.7 Å². The van der Waals surface area contributed by atoms with Crippen molar-refractivity contribution in [2.75, 3.05) is 26.2 Å². The van der Waals surface area contributed by atoms with Crippen molar-refractivity contribution in [3.05, 3.63) is 106 Å². The summed E-state index contributed by atoms with van der Waals surface area (Å²) in [6.07, 6.45) is 1.87. The zero-order valence-electron chi connectivity index (χ0n) is 22.8. The molecule has 10 heteroatoms. The molecular formula is C31H36Cl2N6O2. The van der Waals surface area contributed by atoms with Crippen LogP contribution in [-0.2, 0) is 4.79 Å². The maximum Gasteiger partial charge on any atom is 0.251 e. The van der Waals surface area contributed by atoms with Crippen molar-refractivity contribution >= 4 is 41.0 Å². The topological polar surface area (TPSA) is 126 Å². The number of hydrogen-bond donors (Lipinski definition) is 4. The molecule has 2 atom stereocenters. The summed E-state index contributed by atoms with van der Waals surface area (Å²) in [5, 5.41) is 7.19. The van der Waals surface area contributed by atoms with Crippen molar-refractivity contribution in [2.24, 2.45) is 16.5 Å². The molecule has 4 rings (SSSR count). The van der Waals surface area contributed by atoms with Gasteiger partial charge in [0.1, 0.15) is 0 Å². The molecule has 1 aliphatic heterocycles. The van der Waals surface area contributed by atoms with Crippen LogP contribution < -0.4 is 22.1 Å². The van der Waals surface area contributed by atoms with E-state index in [0.29, 0.717) is 61.1 Å². The largest absolute Gasteiger partial charge is 0.370 e. The molecule has 1 heterocycles. The number of rotatable bonds is 11. The van der Waals surface area contributed by atoms with Gasteiger partial charge >= 0.3 is 0 Å². The van der Waals surface area contributed by atoms with E-state index in [2.05, 4.69) is 39.9 Å². The molecule has 1 saturated heterocycles. The number of nitrogens with zero attached hydrogens (tertiary/aromatic N) is 2.